The second kappa shape index (κ2) is 7.04. The lowest BCUT2D eigenvalue weighted by Gasteiger charge is -2.18. The van der Waals surface area contributed by atoms with Gasteiger partial charge in [0.2, 0.25) is 0 Å². The van der Waals surface area contributed by atoms with Gasteiger partial charge in [-0.1, -0.05) is 19.1 Å². The average molecular weight is 274 g/mol. The van der Waals surface area contributed by atoms with Crippen LogP contribution in [0.15, 0.2) is 24.3 Å². The zero-order valence-electron chi connectivity index (χ0n) is 10.7. The highest BCUT2D eigenvalue weighted by Crippen LogP contribution is 2.26. The first kappa shape index (κ1) is 15.4. The van der Waals surface area contributed by atoms with Crippen molar-refractivity contribution in [1.82, 2.24) is 0 Å². The summed E-state index contributed by atoms with van der Waals surface area (Å²) in [5.41, 5.74) is 0.526. The normalized spacial score (nSPS) is 14.0. The van der Waals surface area contributed by atoms with Crippen molar-refractivity contribution in [2.45, 2.75) is 26.1 Å². The number of carbonyl (C=O) groups excluding carboxylic acids is 1. The molecule has 2 atom stereocenters. The molecule has 0 saturated carbocycles. The monoisotopic (exact) mass is 274 g/mol. The van der Waals surface area contributed by atoms with Crippen LogP contribution < -0.4 is 4.74 Å². The Morgan fingerprint density at radius 2 is 1.89 bits per heavy atom. The first-order chi connectivity index (χ1) is 8.93. The lowest BCUT2D eigenvalue weighted by atomic mass is 9.94. The van der Waals surface area contributed by atoms with Crippen molar-refractivity contribution >= 4 is 5.97 Å². The number of aliphatic hydroxyl groups excluding tert-OH is 1. The van der Waals surface area contributed by atoms with E-state index in [1.165, 1.54) is 31.4 Å². The predicted octanol–water partition coefficient (Wildman–Crippen LogP) is 2.52. The molecule has 0 amide bonds. The second-order valence-corrected chi connectivity index (χ2v) is 4.15. The van der Waals surface area contributed by atoms with Gasteiger partial charge >= 0.3 is 12.6 Å². The molecule has 19 heavy (non-hydrogen) atoms. The molecule has 106 valence electrons. The highest BCUT2D eigenvalue weighted by Gasteiger charge is 2.20. The van der Waals surface area contributed by atoms with E-state index in [2.05, 4.69) is 9.47 Å². The van der Waals surface area contributed by atoms with Crippen molar-refractivity contribution in [2.24, 2.45) is 5.92 Å². The van der Waals surface area contributed by atoms with E-state index in [4.69, 9.17) is 0 Å². The Kier molecular flexibility index (Phi) is 5.69. The zero-order chi connectivity index (χ0) is 14.4. The number of ether oxygens (including phenoxy) is 2. The Morgan fingerprint density at radius 1 is 1.32 bits per heavy atom. The lowest BCUT2D eigenvalue weighted by Crippen LogP contribution is -2.15. The van der Waals surface area contributed by atoms with E-state index in [-0.39, 0.29) is 18.1 Å². The third-order valence-corrected chi connectivity index (χ3v) is 2.70. The molecule has 0 fully saturated rings. The van der Waals surface area contributed by atoms with Gasteiger partial charge in [0.15, 0.2) is 0 Å². The van der Waals surface area contributed by atoms with Crippen molar-refractivity contribution in [2.75, 3.05) is 7.11 Å². The Labute approximate surface area is 109 Å². The van der Waals surface area contributed by atoms with E-state index < -0.39 is 18.7 Å². The van der Waals surface area contributed by atoms with Crippen LogP contribution in [0.25, 0.3) is 0 Å². The molecule has 0 aliphatic rings. The fourth-order valence-corrected chi connectivity index (χ4v) is 1.63. The first-order valence-electron chi connectivity index (χ1n) is 5.73. The number of aliphatic hydroxyl groups is 1. The molecule has 0 heterocycles. The van der Waals surface area contributed by atoms with Gasteiger partial charge in [-0.2, -0.15) is 8.78 Å². The van der Waals surface area contributed by atoms with E-state index in [9.17, 15) is 18.7 Å². The van der Waals surface area contributed by atoms with Crippen LogP contribution in [0, 0.1) is 5.92 Å². The number of rotatable bonds is 6. The molecular formula is C13H16F2O4. The molecule has 0 bridgehead atoms. The summed E-state index contributed by atoms with van der Waals surface area (Å²) in [5.74, 6) is -0.731. The van der Waals surface area contributed by atoms with Crippen molar-refractivity contribution in [1.29, 1.82) is 0 Å². The molecule has 0 aromatic heterocycles. The van der Waals surface area contributed by atoms with Gasteiger partial charge in [-0.05, 0) is 23.6 Å². The fraction of sp³-hybridized carbons (Fsp3) is 0.462. The maximum atomic E-state index is 12.0. The van der Waals surface area contributed by atoms with Gasteiger partial charge in [-0.25, -0.2) is 0 Å². The quantitative estimate of drug-likeness (QED) is 0.810. The van der Waals surface area contributed by atoms with Crippen LogP contribution >= 0.6 is 0 Å². The van der Waals surface area contributed by atoms with Gasteiger partial charge in [0.25, 0.3) is 0 Å². The molecule has 6 heteroatoms. The molecule has 0 radical (unpaired) electrons. The van der Waals surface area contributed by atoms with Gasteiger partial charge < -0.3 is 14.6 Å². The minimum Gasteiger partial charge on any atom is -0.469 e. The van der Waals surface area contributed by atoms with Gasteiger partial charge in [0.05, 0.1) is 19.6 Å². The molecule has 0 aliphatic heterocycles. The molecule has 0 aliphatic carbocycles. The summed E-state index contributed by atoms with van der Waals surface area (Å²) >= 11 is 0. The highest BCUT2D eigenvalue weighted by atomic mass is 19.3. The third-order valence-electron chi connectivity index (χ3n) is 2.70. The van der Waals surface area contributed by atoms with Crippen LogP contribution in [0.3, 0.4) is 0 Å². The zero-order valence-corrected chi connectivity index (χ0v) is 10.7. The van der Waals surface area contributed by atoms with Gasteiger partial charge in [-0.3, -0.25) is 4.79 Å². The second-order valence-electron chi connectivity index (χ2n) is 4.15. The van der Waals surface area contributed by atoms with Crippen LogP contribution in [-0.4, -0.2) is 24.8 Å². The van der Waals surface area contributed by atoms with E-state index in [1.54, 1.807) is 6.92 Å². The van der Waals surface area contributed by atoms with Crippen molar-refractivity contribution in [3.63, 3.8) is 0 Å². The Balaban J connectivity index is 2.66. The number of benzene rings is 1. The van der Waals surface area contributed by atoms with Crippen LogP contribution in [0.1, 0.15) is 25.0 Å². The molecule has 1 rings (SSSR count). The summed E-state index contributed by atoms with van der Waals surface area (Å²) in [4.78, 5) is 11.1. The number of hydrogen-bond acceptors (Lipinski definition) is 4. The maximum absolute atomic E-state index is 12.0. The molecule has 1 aromatic rings. The SMILES string of the molecule is COC(=O)CC(C)C(O)c1ccc(OC(F)F)cc1. The van der Waals surface area contributed by atoms with Gasteiger partial charge in [0.1, 0.15) is 5.75 Å². The summed E-state index contributed by atoms with van der Waals surface area (Å²) < 4.78 is 32.7. The molecule has 2 unspecified atom stereocenters. The number of carbonyl (C=O) groups is 1. The Bertz CT molecular complexity index is 406. The molecule has 4 nitrogen and oxygen atoms in total. The minimum atomic E-state index is -2.88. The van der Waals surface area contributed by atoms with Gasteiger partial charge in [-0.15, -0.1) is 0 Å². The van der Waals surface area contributed by atoms with Crippen LogP contribution in [0.2, 0.25) is 0 Å². The lowest BCUT2D eigenvalue weighted by molar-refractivity contribution is -0.142. The molecule has 0 saturated heterocycles. The molecular weight excluding hydrogens is 258 g/mol. The van der Waals surface area contributed by atoms with Crippen LogP contribution in [-0.2, 0) is 9.53 Å². The largest absolute Gasteiger partial charge is 0.469 e. The van der Waals surface area contributed by atoms with Gasteiger partial charge in [0, 0.05) is 0 Å². The highest BCUT2D eigenvalue weighted by molar-refractivity contribution is 5.69. The molecule has 1 aromatic carbocycles. The summed E-state index contributed by atoms with van der Waals surface area (Å²) in [7, 11) is 1.28. The smallest absolute Gasteiger partial charge is 0.387 e. The maximum Gasteiger partial charge on any atom is 0.387 e. The fourth-order valence-electron chi connectivity index (χ4n) is 1.63. The first-order valence-corrected chi connectivity index (χ1v) is 5.73. The number of halogens is 2. The number of methoxy groups -OCH3 is 1. The topological polar surface area (TPSA) is 55.8 Å². The molecule has 0 spiro atoms. The van der Waals surface area contributed by atoms with E-state index in [1.807, 2.05) is 0 Å². The van der Waals surface area contributed by atoms with Crippen molar-refractivity contribution in [3.8, 4) is 5.75 Å². The molecule has 1 N–H and O–H groups in total. The third kappa shape index (κ3) is 4.82. The Hall–Kier alpha value is -1.69. The standard InChI is InChI=1S/C13H16F2O4/c1-8(7-11(16)18-2)12(17)9-3-5-10(6-4-9)19-13(14)15/h3-6,8,12-13,17H,7H2,1-2H3. The summed E-state index contributed by atoms with van der Waals surface area (Å²) in [6.07, 6.45) is -0.799. The number of esters is 1. The average Bonchev–Trinajstić information content (AvgIpc) is 2.37. The van der Waals surface area contributed by atoms with Crippen molar-refractivity contribution < 1.29 is 28.2 Å². The predicted molar refractivity (Wildman–Crippen MR) is 63.8 cm³/mol. The van der Waals surface area contributed by atoms with E-state index in [0.717, 1.165) is 0 Å². The summed E-state index contributed by atoms with van der Waals surface area (Å²) in [6.45, 7) is -1.18. The van der Waals surface area contributed by atoms with E-state index in [0.29, 0.717) is 5.56 Å². The number of hydrogen-bond donors (Lipinski definition) is 1. The van der Waals surface area contributed by atoms with Crippen LogP contribution in [0.5, 0.6) is 5.75 Å². The Morgan fingerprint density at radius 3 is 2.37 bits per heavy atom. The number of alkyl halides is 2. The summed E-state index contributed by atoms with van der Waals surface area (Å²) in [6, 6.07) is 5.65. The summed E-state index contributed by atoms with van der Waals surface area (Å²) in [5, 5.41) is 10.0. The van der Waals surface area contributed by atoms with E-state index >= 15 is 0 Å². The minimum absolute atomic E-state index is 0.0200. The van der Waals surface area contributed by atoms with Crippen LogP contribution in [0.4, 0.5) is 8.78 Å². The van der Waals surface area contributed by atoms with Crippen molar-refractivity contribution in [3.05, 3.63) is 29.8 Å².